The smallest absolute Gasteiger partial charge is 0.270 e. The summed E-state index contributed by atoms with van der Waals surface area (Å²) >= 11 is 1.51. The largest absolute Gasteiger partial charge is 0.370 e. The highest BCUT2D eigenvalue weighted by molar-refractivity contribution is 7.09. The highest BCUT2D eigenvalue weighted by Gasteiger charge is 2.07. The maximum Gasteiger partial charge on any atom is 0.270 e. The van der Waals surface area contributed by atoms with Gasteiger partial charge in [0.25, 0.3) is 5.91 Å². The number of rotatable bonds is 5. The molecule has 0 aromatic carbocycles. The van der Waals surface area contributed by atoms with Crippen LogP contribution in [0.25, 0.3) is 0 Å². The molecule has 5 nitrogen and oxygen atoms in total. The second-order valence-electron chi connectivity index (χ2n) is 3.59. The topological polar surface area (TPSA) is 66.9 Å². The number of nitrogens with one attached hydrogen (secondary N) is 2. The quantitative estimate of drug-likeness (QED) is 0.863. The third-order valence-corrected chi connectivity index (χ3v) is 3.03. The van der Waals surface area contributed by atoms with Crippen LogP contribution in [-0.4, -0.2) is 22.4 Å². The number of hydrogen-bond donors (Lipinski definition) is 2. The Morgan fingerprint density at radius 2 is 2.33 bits per heavy atom. The molecule has 0 atom stereocenters. The standard InChI is InChI=1S/C12H14N4OS/c1-2-14-11-5-3-4-10(16-11)12(17)15-7-9-6-13-8-18-9/h3-6,8H,2,7H2,1H3,(H,14,16)(H,15,17). The van der Waals surface area contributed by atoms with E-state index in [1.165, 1.54) is 11.3 Å². The van der Waals surface area contributed by atoms with E-state index in [4.69, 9.17) is 0 Å². The monoisotopic (exact) mass is 262 g/mol. The Bertz CT molecular complexity index is 513. The number of carbonyl (C=O) groups excluding carboxylic acids is 1. The van der Waals surface area contributed by atoms with Crippen LogP contribution in [0.2, 0.25) is 0 Å². The summed E-state index contributed by atoms with van der Waals surface area (Å²) in [6.45, 7) is 3.24. The lowest BCUT2D eigenvalue weighted by Crippen LogP contribution is -2.23. The predicted octanol–water partition coefficient (Wildman–Crippen LogP) is 1.90. The molecule has 0 aliphatic rings. The molecule has 18 heavy (non-hydrogen) atoms. The average Bonchev–Trinajstić information content (AvgIpc) is 2.90. The number of nitrogens with zero attached hydrogens (tertiary/aromatic N) is 2. The van der Waals surface area contributed by atoms with Crippen molar-refractivity contribution in [3.05, 3.63) is 40.5 Å². The van der Waals surface area contributed by atoms with Crippen LogP contribution in [0.4, 0.5) is 5.82 Å². The Kier molecular flexibility index (Phi) is 4.25. The van der Waals surface area contributed by atoms with Crippen molar-refractivity contribution in [3.8, 4) is 0 Å². The Hall–Kier alpha value is -1.95. The van der Waals surface area contributed by atoms with Gasteiger partial charge in [0, 0.05) is 17.6 Å². The molecule has 0 fully saturated rings. The van der Waals surface area contributed by atoms with Crippen molar-refractivity contribution in [2.45, 2.75) is 13.5 Å². The predicted molar refractivity (Wildman–Crippen MR) is 71.7 cm³/mol. The second kappa shape index (κ2) is 6.11. The normalized spacial score (nSPS) is 10.1. The van der Waals surface area contributed by atoms with Gasteiger partial charge in [-0.2, -0.15) is 0 Å². The highest BCUT2D eigenvalue weighted by Crippen LogP contribution is 2.07. The minimum atomic E-state index is -0.178. The fourth-order valence-electron chi connectivity index (χ4n) is 1.43. The molecule has 6 heteroatoms. The first-order valence-electron chi connectivity index (χ1n) is 5.66. The average molecular weight is 262 g/mol. The molecule has 0 saturated carbocycles. The van der Waals surface area contributed by atoms with Crippen LogP contribution in [0.1, 0.15) is 22.3 Å². The van der Waals surface area contributed by atoms with Gasteiger partial charge in [-0.05, 0) is 19.1 Å². The first kappa shape index (κ1) is 12.5. The number of pyridine rings is 1. The Balaban J connectivity index is 1.97. The third kappa shape index (κ3) is 3.27. The second-order valence-corrected chi connectivity index (χ2v) is 4.56. The summed E-state index contributed by atoms with van der Waals surface area (Å²) in [6.07, 6.45) is 1.74. The van der Waals surface area contributed by atoms with Gasteiger partial charge in [-0.1, -0.05) is 6.07 Å². The Labute approximate surface area is 109 Å². The van der Waals surface area contributed by atoms with Gasteiger partial charge >= 0.3 is 0 Å². The maximum atomic E-state index is 11.9. The molecule has 2 rings (SSSR count). The molecule has 0 bridgehead atoms. The van der Waals surface area contributed by atoms with E-state index in [2.05, 4.69) is 20.6 Å². The summed E-state index contributed by atoms with van der Waals surface area (Å²) in [5, 5.41) is 5.89. The Morgan fingerprint density at radius 1 is 1.44 bits per heavy atom. The molecule has 0 unspecified atom stereocenters. The number of amides is 1. The van der Waals surface area contributed by atoms with Gasteiger partial charge in [0.15, 0.2) is 0 Å². The van der Waals surface area contributed by atoms with Crippen molar-refractivity contribution in [1.29, 1.82) is 0 Å². The van der Waals surface area contributed by atoms with Crippen molar-refractivity contribution in [2.75, 3.05) is 11.9 Å². The molecule has 2 aromatic rings. The number of hydrogen-bond acceptors (Lipinski definition) is 5. The molecule has 2 aromatic heterocycles. The van der Waals surface area contributed by atoms with Crippen molar-refractivity contribution >= 4 is 23.1 Å². The highest BCUT2D eigenvalue weighted by atomic mass is 32.1. The van der Waals surface area contributed by atoms with E-state index >= 15 is 0 Å². The lowest BCUT2D eigenvalue weighted by Gasteiger charge is -2.05. The van der Waals surface area contributed by atoms with Crippen molar-refractivity contribution < 1.29 is 4.79 Å². The van der Waals surface area contributed by atoms with E-state index < -0.39 is 0 Å². The molecule has 94 valence electrons. The molecule has 2 heterocycles. The van der Waals surface area contributed by atoms with Gasteiger partial charge in [-0.3, -0.25) is 9.78 Å². The van der Waals surface area contributed by atoms with Crippen molar-refractivity contribution in [2.24, 2.45) is 0 Å². The van der Waals surface area contributed by atoms with Gasteiger partial charge in [0.2, 0.25) is 0 Å². The zero-order valence-electron chi connectivity index (χ0n) is 10.0. The van der Waals surface area contributed by atoms with E-state index in [0.29, 0.717) is 18.1 Å². The fraction of sp³-hybridized carbons (Fsp3) is 0.250. The number of carbonyl (C=O) groups is 1. The van der Waals surface area contributed by atoms with Crippen LogP contribution < -0.4 is 10.6 Å². The summed E-state index contributed by atoms with van der Waals surface area (Å²) in [6, 6.07) is 5.35. The fourth-order valence-corrected chi connectivity index (χ4v) is 1.96. The minimum absolute atomic E-state index is 0.178. The third-order valence-electron chi connectivity index (χ3n) is 2.25. The van der Waals surface area contributed by atoms with E-state index in [1.54, 1.807) is 17.8 Å². The molecule has 0 aliphatic heterocycles. The summed E-state index contributed by atoms with van der Waals surface area (Å²) in [7, 11) is 0. The lowest BCUT2D eigenvalue weighted by molar-refractivity contribution is 0.0946. The molecule has 2 N–H and O–H groups in total. The lowest BCUT2D eigenvalue weighted by atomic mass is 10.3. The summed E-state index contributed by atoms with van der Waals surface area (Å²) < 4.78 is 0. The van der Waals surface area contributed by atoms with E-state index in [1.807, 2.05) is 19.1 Å². The van der Waals surface area contributed by atoms with Crippen LogP contribution in [0, 0.1) is 0 Å². The van der Waals surface area contributed by atoms with Gasteiger partial charge in [-0.15, -0.1) is 11.3 Å². The van der Waals surface area contributed by atoms with Crippen LogP contribution >= 0.6 is 11.3 Å². The molecular formula is C12H14N4OS. The first-order chi connectivity index (χ1) is 8.79. The molecule has 0 saturated heterocycles. The van der Waals surface area contributed by atoms with E-state index in [9.17, 15) is 4.79 Å². The summed E-state index contributed by atoms with van der Waals surface area (Å²) in [4.78, 5) is 21.1. The van der Waals surface area contributed by atoms with Crippen LogP contribution in [0.5, 0.6) is 0 Å². The van der Waals surface area contributed by atoms with Gasteiger partial charge in [0.1, 0.15) is 11.5 Å². The van der Waals surface area contributed by atoms with Gasteiger partial charge in [-0.25, -0.2) is 4.98 Å². The Morgan fingerprint density at radius 3 is 3.06 bits per heavy atom. The number of thiazole rings is 1. The van der Waals surface area contributed by atoms with Crippen LogP contribution in [0.15, 0.2) is 29.9 Å². The van der Waals surface area contributed by atoms with E-state index in [0.717, 1.165) is 11.4 Å². The molecular weight excluding hydrogens is 248 g/mol. The SMILES string of the molecule is CCNc1cccc(C(=O)NCc2cncs2)n1. The molecule has 0 radical (unpaired) electrons. The van der Waals surface area contributed by atoms with Crippen molar-refractivity contribution in [1.82, 2.24) is 15.3 Å². The van der Waals surface area contributed by atoms with Crippen LogP contribution in [-0.2, 0) is 6.54 Å². The molecule has 0 aliphatic carbocycles. The van der Waals surface area contributed by atoms with Gasteiger partial charge in [0.05, 0.1) is 12.1 Å². The minimum Gasteiger partial charge on any atom is -0.370 e. The van der Waals surface area contributed by atoms with Crippen molar-refractivity contribution in [3.63, 3.8) is 0 Å². The zero-order valence-corrected chi connectivity index (χ0v) is 10.8. The first-order valence-corrected chi connectivity index (χ1v) is 6.54. The van der Waals surface area contributed by atoms with Gasteiger partial charge < -0.3 is 10.6 Å². The molecule has 1 amide bonds. The van der Waals surface area contributed by atoms with Crippen LogP contribution in [0.3, 0.4) is 0 Å². The number of anilines is 1. The van der Waals surface area contributed by atoms with E-state index in [-0.39, 0.29) is 5.91 Å². The number of aromatic nitrogens is 2. The molecule has 0 spiro atoms. The summed E-state index contributed by atoms with van der Waals surface area (Å²) in [5.74, 6) is 0.533. The zero-order chi connectivity index (χ0) is 12.8. The maximum absolute atomic E-state index is 11.9. The summed E-state index contributed by atoms with van der Waals surface area (Å²) in [5.41, 5.74) is 2.16.